The zero-order valence-electron chi connectivity index (χ0n) is 8.47. The van der Waals surface area contributed by atoms with E-state index in [1.807, 2.05) is 0 Å². The highest BCUT2D eigenvalue weighted by Gasteiger charge is 2.18. The second-order valence-corrected chi connectivity index (χ2v) is 5.72. The molecule has 98 valence electrons. The lowest BCUT2D eigenvalue weighted by Gasteiger charge is -2.04. The van der Waals surface area contributed by atoms with Crippen molar-refractivity contribution in [3.8, 4) is 0 Å². The van der Waals surface area contributed by atoms with Crippen molar-refractivity contribution in [2.75, 3.05) is 25.5 Å². The topological polar surface area (TPSA) is 107 Å². The average molecular weight is 288 g/mol. The van der Waals surface area contributed by atoms with Crippen LogP contribution in [-0.2, 0) is 14.8 Å². The molecular formula is C6H10F2N4O3S2. The number of hydrogen-bond donors (Lipinski definition) is 2. The van der Waals surface area contributed by atoms with E-state index in [-0.39, 0.29) is 22.6 Å². The van der Waals surface area contributed by atoms with Crippen LogP contribution in [0.5, 0.6) is 0 Å². The van der Waals surface area contributed by atoms with Gasteiger partial charge in [-0.25, -0.2) is 21.9 Å². The second-order valence-electron chi connectivity index (χ2n) is 2.77. The first kappa shape index (κ1) is 14.2. The summed E-state index contributed by atoms with van der Waals surface area (Å²) in [6, 6.07) is 0. The average Bonchev–Trinajstić information content (AvgIpc) is 2.64. The summed E-state index contributed by atoms with van der Waals surface area (Å²) in [6.45, 7) is -1.01. The van der Waals surface area contributed by atoms with E-state index in [0.29, 0.717) is 11.3 Å². The lowest BCUT2D eigenvalue weighted by atomic mass is 10.7. The minimum atomic E-state index is -3.79. The zero-order valence-corrected chi connectivity index (χ0v) is 10.1. The van der Waals surface area contributed by atoms with Crippen molar-refractivity contribution < 1.29 is 21.9 Å². The van der Waals surface area contributed by atoms with Gasteiger partial charge in [-0.2, -0.15) is 0 Å². The summed E-state index contributed by atoms with van der Waals surface area (Å²) in [5, 5.41) is 6.72. The van der Waals surface area contributed by atoms with Gasteiger partial charge in [0, 0.05) is 6.54 Å². The number of halogens is 2. The molecule has 1 aromatic heterocycles. The Labute approximate surface area is 100 Å². The molecule has 0 saturated heterocycles. The van der Waals surface area contributed by atoms with E-state index in [1.165, 1.54) is 0 Å². The lowest BCUT2D eigenvalue weighted by Crippen LogP contribution is -2.28. The molecule has 7 nitrogen and oxygen atoms in total. The van der Waals surface area contributed by atoms with Crippen molar-refractivity contribution in [2.45, 2.75) is 10.8 Å². The van der Waals surface area contributed by atoms with Crippen molar-refractivity contribution in [3.05, 3.63) is 0 Å². The molecular weight excluding hydrogens is 278 g/mol. The number of ether oxygens (including phenoxy) is 1. The van der Waals surface area contributed by atoms with E-state index < -0.39 is 23.1 Å². The minimum absolute atomic E-state index is 0.0272. The number of aromatic nitrogens is 2. The van der Waals surface area contributed by atoms with Gasteiger partial charge >= 0.3 is 0 Å². The highest BCUT2D eigenvalue weighted by molar-refractivity contribution is 7.91. The number of nitrogen functional groups attached to an aromatic ring is 1. The van der Waals surface area contributed by atoms with Crippen LogP contribution in [0.25, 0.3) is 0 Å². The van der Waals surface area contributed by atoms with Crippen molar-refractivity contribution in [1.29, 1.82) is 0 Å². The molecule has 3 N–H and O–H groups in total. The highest BCUT2D eigenvalue weighted by Crippen LogP contribution is 2.15. The Hall–Kier alpha value is -0.910. The van der Waals surface area contributed by atoms with Gasteiger partial charge in [-0.15, -0.1) is 10.2 Å². The third kappa shape index (κ3) is 4.85. The van der Waals surface area contributed by atoms with Crippen LogP contribution in [0.2, 0.25) is 0 Å². The van der Waals surface area contributed by atoms with Crippen LogP contribution < -0.4 is 10.5 Å². The number of anilines is 1. The predicted octanol–water partition coefficient (Wildman–Crippen LogP) is -0.320. The molecule has 0 aliphatic carbocycles. The van der Waals surface area contributed by atoms with Gasteiger partial charge in [0.2, 0.25) is 9.47 Å². The number of nitrogens with two attached hydrogens (primary N) is 1. The number of nitrogens with one attached hydrogen (secondary N) is 1. The normalized spacial score (nSPS) is 12.2. The molecule has 1 rings (SSSR count). The minimum Gasteiger partial charge on any atom is -0.374 e. The fourth-order valence-electron chi connectivity index (χ4n) is 0.811. The summed E-state index contributed by atoms with van der Waals surface area (Å²) < 4.78 is 52.6. The van der Waals surface area contributed by atoms with Crippen LogP contribution >= 0.6 is 11.3 Å². The van der Waals surface area contributed by atoms with Crippen LogP contribution in [0.15, 0.2) is 4.34 Å². The standard InChI is InChI=1S/C6H10F2N4O3S2/c7-4(8)3-15-2-1-10-17(13,14)6-12-11-5(9)16-6/h4,10H,1-3H2,(H2,9,11). The van der Waals surface area contributed by atoms with Gasteiger partial charge in [0.15, 0.2) is 0 Å². The number of hydrogen-bond acceptors (Lipinski definition) is 7. The van der Waals surface area contributed by atoms with Crippen LogP contribution in [0.4, 0.5) is 13.9 Å². The highest BCUT2D eigenvalue weighted by atomic mass is 32.2. The first-order chi connectivity index (χ1) is 7.92. The molecule has 0 radical (unpaired) electrons. The van der Waals surface area contributed by atoms with Gasteiger partial charge in [0.05, 0.1) is 6.61 Å². The molecule has 0 unspecified atom stereocenters. The van der Waals surface area contributed by atoms with Gasteiger partial charge < -0.3 is 10.5 Å². The van der Waals surface area contributed by atoms with Gasteiger partial charge in [0.25, 0.3) is 16.4 Å². The maximum Gasteiger partial charge on any atom is 0.269 e. The first-order valence-electron chi connectivity index (χ1n) is 4.36. The fraction of sp³-hybridized carbons (Fsp3) is 0.667. The lowest BCUT2D eigenvalue weighted by molar-refractivity contribution is 0.0199. The Morgan fingerprint density at radius 1 is 1.47 bits per heavy atom. The number of rotatable bonds is 7. The van der Waals surface area contributed by atoms with Crippen molar-refractivity contribution in [2.24, 2.45) is 0 Å². The number of nitrogens with zero attached hydrogens (tertiary/aromatic N) is 2. The van der Waals surface area contributed by atoms with Crippen LogP contribution in [0.1, 0.15) is 0 Å². The van der Waals surface area contributed by atoms with Gasteiger partial charge in [-0.1, -0.05) is 11.3 Å². The second kappa shape index (κ2) is 6.14. The first-order valence-corrected chi connectivity index (χ1v) is 6.66. The summed E-state index contributed by atoms with van der Waals surface area (Å²) >= 11 is 0.708. The number of sulfonamides is 1. The predicted molar refractivity (Wildman–Crippen MR) is 56.3 cm³/mol. The van der Waals surface area contributed by atoms with E-state index in [0.717, 1.165) is 0 Å². The summed E-state index contributed by atoms with van der Waals surface area (Å²) in [5.41, 5.74) is 5.23. The van der Waals surface area contributed by atoms with Crippen LogP contribution in [0.3, 0.4) is 0 Å². The zero-order chi connectivity index (χ0) is 12.9. The molecule has 1 aromatic rings. The van der Waals surface area contributed by atoms with E-state index in [2.05, 4.69) is 19.7 Å². The summed E-state index contributed by atoms with van der Waals surface area (Å²) in [4.78, 5) is 0. The molecule has 11 heteroatoms. The molecule has 1 heterocycles. The molecule has 0 aliphatic rings. The van der Waals surface area contributed by atoms with E-state index >= 15 is 0 Å². The van der Waals surface area contributed by atoms with Gasteiger partial charge in [0.1, 0.15) is 6.61 Å². The fourth-order valence-corrected chi connectivity index (χ4v) is 2.65. The van der Waals surface area contributed by atoms with Gasteiger partial charge in [-0.05, 0) is 0 Å². The van der Waals surface area contributed by atoms with E-state index in [9.17, 15) is 17.2 Å². The van der Waals surface area contributed by atoms with Crippen molar-refractivity contribution in [3.63, 3.8) is 0 Å². The monoisotopic (exact) mass is 288 g/mol. The third-order valence-corrected chi connectivity index (χ3v) is 4.02. The Kier molecular flexibility index (Phi) is 5.11. The largest absolute Gasteiger partial charge is 0.374 e. The quantitative estimate of drug-likeness (QED) is 0.666. The molecule has 0 bridgehead atoms. The third-order valence-electron chi connectivity index (χ3n) is 1.43. The maximum atomic E-state index is 11.7. The van der Waals surface area contributed by atoms with Crippen LogP contribution in [-0.4, -0.2) is 44.8 Å². The summed E-state index contributed by atoms with van der Waals surface area (Å²) in [6.07, 6.45) is -2.57. The molecule has 0 amide bonds. The Morgan fingerprint density at radius 3 is 2.71 bits per heavy atom. The number of alkyl halides is 2. The molecule has 0 fully saturated rings. The Morgan fingerprint density at radius 2 is 2.18 bits per heavy atom. The van der Waals surface area contributed by atoms with Crippen molar-refractivity contribution in [1.82, 2.24) is 14.9 Å². The molecule has 0 aliphatic heterocycles. The van der Waals surface area contributed by atoms with Crippen molar-refractivity contribution >= 4 is 26.5 Å². The molecule has 0 atom stereocenters. The Bertz CT molecular complexity index is 450. The maximum absolute atomic E-state index is 11.7. The molecule has 0 aromatic carbocycles. The van der Waals surface area contributed by atoms with Crippen LogP contribution in [0, 0.1) is 0 Å². The van der Waals surface area contributed by atoms with E-state index in [1.54, 1.807) is 0 Å². The SMILES string of the molecule is Nc1nnc(S(=O)(=O)NCCOCC(F)F)s1. The smallest absolute Gasteiger partial charge is 0.269 e. The molecule has 0 saturated carbocycles. The summed E-state index contributed by atoms with van der Waals surface area (Å²) in [7, 11) is -3.79. The van der Waals surface area contributed by atoms with E-state index in [4.69, 9.17) is 5.73 Å². The molecule has 0 spiro atoms. The molecule has 17 heavy (non-hydrogen) atoms. The van der Waals surface area contributed by atoms with Gasteiger partial charge in [-0.3, -0.25) is 0 Å². The summed E-state index contributed by atoms with van der Waals surface area (Å²) in [5.74, 6) is 0. The Balaban J connectivity index is 2.36.